The molecule has 12 heteroatoms. The van der Waals surface area contributed by atoms with Gasteiger partial charge in [-0.1, -0.05) is 17.8 Å². The summed E-state index contributed by atoms with van der Waals surface area (Å²) in [6, 6.07) is 19.7. The van der Waals surface area contributed by atoms with Crippen molar-refractivity contribution in [2.75, 3.05) is 26.6 Å². The Hall–Kier alpha value is -4.45. The second-order valence-electron chi connectivity index (χ2n) is 9.66. The lowest BCUT2D eigenvalue weighted by atomic mass is 9.83. The van der Waals surface area contributed by atoms with Gasteiger partial charge in [-0.25, -0.2) is 9.07 Å². The van der Waals surface area contributed by atoms with Gasteiger partial charge in [-0.15, -0.1) is 15.3 Å². The predicted molar refractivity (Wildman–Crippen MR) is 153 cm³/mol. The molecule has 0 unspecified atom stereocenters. The SMILES string of the molecule is COc1ccc(C(C)(C)c2nnc(SCCOc3ccc(-c4nnnn4C)cc3)n2-c2ccc(F)cc2)cc1OC. The van der Waals surface area contributed by atoms with Crippen molar-refractivity contribution in [3.63, 3.8) is 0 Å². The van der Waals surface area contributed by atoms with Crippen molar-refractivity contribution in [3.05, 3.63) is 83.9 Å². The van der Waals surface area contributed by atoms with Crippen molar-refractivity contribution in [2.45, 2.75) is 24.4 Å². The third-order valence-electron chi connectivity index (χ3n) is 6.70. The highest BCUT2D eigenvalue weighted by Crippen LogP contribution is 2.38. The molecule has 0 saturated heterocycles. The Morgan fingerprint density at radius 3 is 2.27 bits per heavy atom. The molecule has 3 aromatic carbocycles. The smallest absolute Gasteiger partial charge is 0.195 e. The van der Waals surface area contributed by atoms with Gasteiger partial charge in [0.05, 0.1) is 26.2 Å². The van der Waals surface area contributed by atoms with Crippen LogP contribution in [0.4, 0.5) is 4.39 Å². The lowest BCUT2D eigenvalue weighted by molar-refractivity contribution is 0.344. The highest BCUT2D eigenvalue weighted by Gasteiger charge is 2.32. The molecule has 0 fully saturated rings. The highest BCUT2D eigenvalue weighted by atomic mass is 32.2. The van der Waals surface area contributed by atoms with E-state index in [0.717, 1.165) is 22.6 Å². The van der Waals surface area contributed by atoms with Crippen molar-refractivity contribution in [1.82, 2.24) is 35.0 Å². The van der Waals surface area contributed by atoms with Gasteiger partial charge in [0.25, 0.3) is 0 Å². The monoisotopic (exact) mass is 575 g/mol. The van der Waals surface area contributed by atoms with E-state index in [1.54, 1.807) is 38.1 Å². The van der Waals surface area contributed by atoms with E-state index in [9.17, 15) is 4.39 Å². The molecule has 0 atom stereocenters. The van der Waals surface area contributed by atoms with Crippen LogP contribution in [0.2, 0.25) is 0 Å². The zero-order valence-electron chi connectivity index (χ0n) is 23.4. The first kappa shape index (κ1) is 28.1. The molecule has 2 aromatic heterocycles. The molecule has 10 nitrogen and oxygen atoms in total. The zero-order chi connectivity index (χ0) is 29.0. The first-order valence-electron chi connectivity index (χ1n) is 12.8. The maximum atomic E-state index is 13.8. The van der Waals surface area contributed by atoms with Crippen LogP contribution in [0.25, 0.3) is 17.1 Å². The number of benzene rings is 3. The van der Waals surface area contributed by atoms with Gasteiger partial charge < -0.3 is 14.2 Å². The number of aryl methyl sites for hydroxylation is 1. The first-order chi connectivity index (χ1) is 19.8. The van der Waals surface area contributed by atoms with Crippen LogP contribution in [-0.2, 0) is 12.5 Å². The van der Waals surface area contributed by atoms with E-state index < -0.39 is 5.41 Å². The van der Waals surface area contributed by atoms with Crippen LogP contribution in [0, 0.1) is 5.82 Å². The molecule has 212 valence electrons. The summed E-state index contributed by atoms with van der Waals surface area (Å²) in [5, 5.41) is 21.4. The van der Waals surface area contributed by atoms with Gasteiger partial charge in [-0.05, 0) is 90.5 Å². The molecule has 0 aliphatic carbocycles. The molecule has 0 saturated carbocycles. The fourth-order valence-electron chi connectivity index (χ4n) is 4.41. The maximum absolute atomic E-state index is 13.8. The van der Waals surface area contributed by atoms with Crippen molar-refractivity contribution in [2.24, 2.45) is 7.05 Å². The fraction of sp³-hybridized carbons (Fsp3) is 0.276. The molecule has 0 aliphatic rings. The van der Waals surface area contributed by atoms with Gasteiger partial charge in [0.15, 0.2) is 22.5 Å². The molecule has 0 aliphatic heterocycles. The summed E-state index contributed by atoms with van der Waals surface area (Å²) < 4.78 is 34.3. The van der Waals surface area contributed by atoms with Crippen LogP contribution in [-0.4, -0.2) is 61.6 Å². The highest BCUT2D eigenvalue weighted by molar-refractivity contribution is 7.99. The largest absolute Gasteiger partial charge is 0.493 e. The van der Waals surface area contributed by atoms with Crippen molar-refractivity contribution in [3.8, 4) is 34.3 Å². The lowest BCUT2D eigenvalue weighted by Crippen LogP contribution is -2.24. The molecule has 5 rings (SSSR count). The molecule has 41 heavy (non-hydrogen) atoms. The van der Waals surface area contributed by atoms with E-state index >= 15 is 0 Å². The van der Waals surface area contributed by atoms with Gasteiger partial charge in [0.1, 0.15) is 17.4 Å². The van der Waals surface area contributed by atoms with E-state index in [-0.39, 0.29) is 5.82 Å². The number of nitrogens with zero attached hydrogens (tertiary/aromatic N) is 7. The van der Waals surface area contributed by atoms with E-state index in [1.165, 1.54) is 23.9 Å². The van der Waals surface area contributed by atoms with Gasteiger partial charge in [0.2, 0.25) is 0 Å². The van der Waals surface area contributed by atoms with Crippen LogP contribution in [0.15, 0.2) is 71.9 Å². The third kappa shape index (κ3) is 5.87. The van der Waals surface area contributed by atoms with E-state index in [2.05, 4.69) is 39.6 Å². The Balaban J connectivity index is 1.35. The van der Waals surface area contributed by atoms with Crippen molar-refractivity contribution < 1.29 is 18.6 Å². The minimum absolute atomic E-state index is 0.313. The molecular formula is C29H30FN7O3S. The quantitative estimate of drug-likeness (QED) is 0.157. The van der Waals surface area contributed by atoms with Crippen molar-refractivity contribution in [1.29, 1.82) is 0 Å². The summed E-state index contributed by atoms with van der Waals surface area (Å²) in [5.74, 6) is 3.69. The number of halogens is 1. The Kier molecular flexibility index (Phi) is 8.20. The number of tetrazole rings is 1. The average Bonchev–Trinajstić information content (AvgIpc) is 3.62. The summed E-state index contributed by atoms with van der Waals surface area (Å²) in [5.41, 5.74) is 2.05. The second-order valence-corrected chi connectivity index (χ2v) is 10.7. The minimum Gasteiger partial charge on any atom is -0.493 e. The van der Waals surface area contributed by atoms with Crippen LogP contribution in [0.1, 0.15) is 25.2 Å². The number of methoxy groups -OCH3 is 2. The molecule has 0 N–H and O–H groups in total. The van der Waals surface area contributed by atoms with Crippen LogP contribution in [0.3, 0.4) is 0 Å². The fourth-order valence-corrected chi connectivity index (χ4v) is 5.18. The Bertz CT molecular complexity index is 1620. The second kappa shape index (κ2) is 12.0. The minimum atomic E-state index is -0.573. The van der Waals surface area contributed by atoms with Gasteiger partial charge in [-0.3, -0.25) is 4.57 Å². The summed E-state index contributed by atoms with van der Waals surface area (Å²) in [6.07, 6.45) is 0. The van der Waals surface area contributed by atoms with Crippen molar-refractivity contribution >= 4 is 11.8 Å². The zero-order valence-corrected chi connectivity index (χ0v) is 24.2. The number of aromatic nitrogens is 7. The number of ether oxygens (including phenoxy) is 3. The van der Waals surface area contributed by atoms with Crippen LogP contribution < -0.4 is 14.2 Å². The first-order valence-corrected chi connectivity index (χ1v) is 13.8. The average molecular weight is 576 g/mol. The Morgan fingerprint density at radius 1 is 0.878 bits per heavy atom. The standard InChI is InChI=1S/C29H30FN7O3S/c1-29(2,20-8-15-24(38-4)25(18-20)39-5)27-32-33-28(37(27)22-11-9-21(30)10-12-22)41-17-16-40-23-13-6-19(7-14-23)26-31-34-35-36(26)3/h6-15,18H,16-17H2,1-5H3. The van der Waals surface area contributed by atoms with E-state index in [1.807, 2.05) is 47.0 Å². The van der Waals surface area contributed by atoms with Gasteiger partial charge in [-0.2, -0.15) is 0 Å². The molecule has 0 amide bonds. The Morgan fingerprint density at radius 2 is 1.61 bits per heavy atom. The molecular weight excluding hydrogens is 545 g/mol. The molecule has 2 heterocycles. The summed E-state index contributed by atoms with van der Waals surface area (Å²) in [6.45, 7) is 4.58. The summed E-state index contributed by atoms with van der Waals surface area (Å²) in [7, 11) is 5.01. The third-order valence-corrected chi connectivity index (χ3v) is 7.59. The molecule has 0 bridgehead atoms. The summed E-state index contributed by atoms with van der Waals surface area (Å²) in [4.78, 5) is 0. The molecule has 0 radical (unpaired) electrons. The van der Waals surface area contributed by atoms with Crippen LogP contribution in [0.5, 0.6) is 17.2 Å². The molecule has 5 aromatic rings. The number of hydrogen-bond donors (Lipinski definition) is 0. The normalized spacial score (nSPS) is 11.5. The predicted octanol–water partition coefficient (Wildman–Crippen LogP) is 5.11. The number of thioether (sulfide) groups is 1. The van der Waals surface area contributed by atoms with E-state index in [4.69, 9.17) is 14.2 Å². The Labute approximate surface area is 241 Å². The topological polar surface area (TPSA) is 102 Å². The maximum Gasteiger partial charge on any atom is 0.195 e. The molecule has 0 spiro atoms. The van der Waals surface area contributed by atoms with Gasteiger partial charge in [0, 0.05) is 24.1 Å². The van der Waals surface area contributed by atoms with Gasteiger partial charge >= 0.3 is 0 Å². The number of rotatable bonds is 11. The van der Waals surface area contributed by atoms with Crippen LogP contribution >= 0.6 is 11.8 Å². The van der Waals surface area contributed by atoms with E-state index in [0.29, 0.717) is 40.7 Å². The summed E-state index contributed by atoms with van der Waals surface area (Å²) >= 11 is 1.51. The lowest BCUT2D eigenvalue weighted by Gasteiger charge is -2.26. The number of hydrogen-bond acceptors (Lipinski definition) is 9.